The number of aliphatic hydroxyl groups is 3. The second kappa shape index (κ2) is 13.0. The summed E-state index contributed by atoms with van der Waals surface area (Å²) in [5.74, 6) is -0.771. The van der Waals surface area contributed by atoms with Gasteiger partial charge in [0, 0.05) is 44.2 Å². The summed E-state index contributed by atoms with van der Waals surface area (Å²) in [6.45, 7) is 1.31. The number of ketones is 1. The Morgan fingerprint density at radius 2 is 1.92 bits per heavy atom. The maximum absolute atomic E-state index is 13.3. The number of rotatable bonds is 13. The molecule has 2 amide bonds. The SMILES string of the molecule is COCCN(C(=O)CCCC(C)=O)[C@@H]1C=C(C(=O)NCCO)[C@@H]2c3cc(CO)cc(OC)c3O[C@@H]2[C@H]1O. The van der Waals surface area contributed by atoms with Gasteiger partial charge in [0.1, 0.15) is 18.0 Å². The second-order valence-electron chi connectivity index (χ2n) is 9.15. The molecule has 0 aromatic heterocycles. The van der Waals surface area contributed by atoms with Gasteiger partial charge in [0.2, 0.25) is 11.8 Å². The van der Waals surface area contributed by atoms with Gasteiger partial charge < -0.3 is 44.5 Å². The van der Waals surface area contributed by atoms with Crippen LogP contribution in [-0.4, -0.2) is 96.6 Å². The monoisotopic (exact) mass is 520 g/mol. The van der Waals surface area contributed by atoms with Crippen LogP contribution in [0.3, 0.4) is 0 Å². The Bertz CT molecular complexity index is 1030. The van der Waals surface area contributed by atoms with Crippen molar-refractivity contribution in [1.29, 1.82) is 0 Å². The van der Waals surface area contributed by atoms with E-state index in [0.717, 1.165) is 0 Å². The molecule has 0 saturated carbocycles. The lowest BCUT2D eigenvalue weighted by Gasteiger charge is -2.40. The normalized spacial score (nSPS) is 21.8. The van der Waals surface area contributed by atoms with Crippen molar-refractivity contribution in [1.82, 2.24) is 10.2 Å². The predicted molar refractivity (Wildman–Crippen MR) is 132 cm³/mol. The highest BCUT2D eigenvalue weighted by Gasteiger charge is 2.51. The molecular formula is C26H36N2O9. The summed E-state index contributed by atoms with van der Waals surface area (Å²) in [6, 6.07) is 2.42. The van der Waals surface area contributed by atoms with Crippen LogP contribution in [0.15, 0.2) is 23.8 Å². The number of ether oxygens (including phenoxy) is 3. The molecule has 11 heteroatoms. The quantitative estimate of drug-likeness (QED) is 0.282. The van der Waals surface area contributed by atoms with Crippen molar-refractivity contribution in [3.63, 3.8) is 0 Å². The summed E-state index contributed by atoms with van der Waals surface area (Å²) >= 11 is 0. The van der Waals surface area contributed by atoms with Crippen molar-refractivity contribution >= 4 is 17.6 Å². The van der Waals surface area contributed by atoms with E-state index < -0.39 is 30.1 Å². The molecule has 4 N–H and O–H groups in total. The minimum Gasteiger partial charge on any atom is -0.493 e. The van der Waals surface area contributed by atoms with Gasteiger partial charge in [-0.05, 0) is 37.1 Å². The molecule has 204 valence electrons. The van der Waals surface area contributed by atoms with Crippen molar-refractivity contribution in [3.8, 4) is 11.5 Å². The largest absolute Gasteiger partial charge is 0.493 e. The van der Waals surface area contributed by atoms with Gasteiger partial charge in [-0.2, -0.15) is 0 Å². The van der Waals surface area contributed by atoms with E-state index in [9.17, 15) is 29.7 Å². The van der Waals surface area contributed by atoms with Crippen LogP contribution in [0.4, 0.5) is 0 Å². The van der Waals surface area contributed by atoms with E-state index in [2.05, 4.69) is 5.32 Å². The Morgan fingerprint density at radius 3 is 2.54 bits per heavy atom. The zero-order valence-corrected chi connectivity index (χ0v) is 21.4. The molecule has 37 heavy (non-hydrogen) atoms. The fourth-order valence-electron chi connectivity index (χ4n) is 4.88. The Labute approximate surface area is 216 Å². The summed E-state index contributed by atoms with van der Waals surface area (Å²) in [5.41, 5.74) is 1.39. The molecule has 0 spiro atoms. The molecule has 1 aromatic carbocycles. The molecule has 3 rings (SSSR count). The summed E-state index contributed by atoms with van der Waals surface area (Å²) in [7, 11) is 2.95. The minimum absolute atomic E-state index is 0.0197. The molecule has 11 nitrogen and oxygen atoms in total. The number of hydrogen-bond acceptors (Lipinski definition) is 9. The first-order valence-electron chi connectivity index (χ1n) is 12.3. The summed E-state index contributed by atoms with van der Waals surface area (Å²) < 4.78 is 16.8. The van der Waals surface area contributed by atoms with Crippen LogP contribution in [0.2, 0.25) is 0 Å². The first-order valence-corrected chi connectivity index (χ1v) is 12.3. The van der Waals surface area contributed by atoms with Crippen molar-refractivity contribution in [2.24, 2.45) is 0 Å². The van der Waals surface area contributed by atoms with Crippen LogP contribution in [0, 0.1) is 0 Å². The van der Waals surface area contributed by atoms with Gasteiger partial charge in [-0.25, -0.2) is 0 Å². The molecule has 2 aliphatic rings. The molecule has 1 aromatic rings. The number of Topliss-reactive ketones (excluding diaryl/α,β-unsaturated/α-hetero) is 1. The third-order valence-electron chi connectivity index (χ3n) is 6.63. The molecule has 0 bridgehead atoms. The summed E-state index contributed by atoms with van der Waals surface area (Å²) in [4.78, 5) is 39.3. The minimum atomic E-state index is -1.21. The van der Waals surface area contributed by atoms with Crippen molar-refractivity contribution in [2.75, 3.05) is 40.5 Å². The number of carbonyl (C=O) groups excluding carboxylic acids is 3. The van der Waals surface area contributed by atoms with E-state index in [0.29, 0.717) is 29.0 Å². The van der Waals surface area contributed by atoms with E-state index >= 15 is 0 Å². The van der Waals surface area contributed by atoms with Crippen LogP contribution in [-0.2, 0) is 25.7 Å². The first kappa shape index (κ1) is 28.6. The van der Waals surface area contributed by atoms with Gasteiger partial charge >= 0.3 is 0 Å². The standard InChI is InChI=1S/C26H36N2O9/c1-15(31)5-4-6-21(32)28(8-10-35-2)19-13-18(26(34)27-7-9-29)22-17-11-16(14-30)12-20(36-3)24(17)37-25(22)23(19)33/h11-13,19,22-23,25,29-30,33H,4-10,14H2,1-3H3,(H,27,34)/t19-,22+,23+,25+/m1/s1. The third-order valence-corrected chi connectivity index (χ3v) is 6.63. The Kier molecular flexibility index (Phi) is 10.0. The number of carbonyl (C=O) groups is 3. The average Bonchev–Trinajstić information content (AvgIpc) is 3.27. The van der Waals surface area contributed by atoms with E-state index in [1.165, 1.54) is 26.0 Å². The molecule has 0 fully saturated rings. The number of hydrogen-bond donors (Lipinski definition) is 4. The number of nitrogens with zero attached hydrogens (tertiary/aromatic N) is 1. The maximum Gasteiger partial charge on any atom is 0.247 e. The Hall–Kier alpha value is -2.99. The van der Waals surface area contributed by atoms with Crippen LogP contribution in [0.5, 0.6) is 11.5 Å². The fraction of sp³-hybridized carbons (Fsp3) is 0.577. The molecular weight excluding hydrogens is 484 g/mol. The van der Waals surface area contributed by atoms with E-state index in [1.807, 2.05) is 0 Å². The van der Waals surface area contributed by atoms with Crippen molar-refractivity contribution < 1.29 is 43.9 Å². The highest BCUT2D eigenvalue weighted by atomic mass is 16.5. The zero-order chi connectivity index (χ0) is 27.1. The van der Waals surface area contributed by atoms with Crippen molar-refractivity contribution in [3.05, 3.63) is 34.9 Å². The molecule has 4 atom stereocenters. The zero-order valence-electron chi connectivity index (χ0n) is 21.4. The number of benzene rings is 1. The van der Waals surface area contributed by atoms with E-state index in [4.69, 9.17) is 14.2 Å². The molecule has 1 heterocycles. The third kappa shape index (κ3) is 6.30. The van der Waals surface area contributed by atoms with Crippen LogP contribution in [0.1, 0.15) is 43.2 Å². The van der Waals surface area contributed by atoms with Gasteiger partial charge in [0.05, 0.1) is 38.9 Å². The number of aliphatic hydroxyl groups excluding tert-OH is 3. The number of methoxy groups -OCH3 is 2. The fourth-order valence-corrected chi connectivity index (χ4v) is 4.88. The van der Waals surface area contributed by atoms with Crippen LogP contribution < -0.4 is 14.8 Å². The van der Waals surface area contributed by atoms with Gasteiger partial charge in [0.15, 0.2) is 11.5 Å². The topological polar surface area (TPSA) is 155 Å². The summed E-state index contributed by atoms with van der Waals surface area (Å²) in [6.07, 6.45) is 0.157. The first-order chi connectivity index (χ1) is 17.8. The second-order valence-corrected chi connectivity index (χ2v) is 9.15. The smallest absolute Gasteiger partial charge is 0.247 e. The highest BCUT2D eigenvalue weighted by molar-refractivity contribution is 5.96. The summed E-state index contributed by atoms with van der Waals surface area (Å²) in [5, 5.41) is 33.1. The highest BCUT2D eigenvalue weighted by Crippen LogP contribution is 2.51. The Balaban J connectivity index is 2.05. The number of nitrogens with one attached hydrogen (secondary N) is 1. The van der Waals surface area contributed by atoms with Gasteiger partial charge in [-0.3, -0.25) is 9.59 Å². The lowest BCUT2D eigenvalue weighted by molar-refractivity contribution is -0.138. The number of fused-ring (bicyclic) bond motifs is 3. The predicted octanol–water partition coefficient (Wildman–Crippen LogP) is 0.0444. The molecule has 0 radical (unpaired) electrons. The number of amides is 2. The molecule has 1 aliphatic heterocycles. The van der Waals surface area contributed by atoms with E-state index in [-0.39, 0.29) is 63.0 Å². The van der Waals surface area contributed by atoms with E-state index in [1.54, 1.807) is 18.2 Å². The maximum atomic E-state index is 13.3. The van der Waals surface area contributed by atoms with Crippen molar-refractivity contribution in [2.45, 2.75) is 57.0 Å². The molecule has 0 unspecified atom stereocenters. The van der Waals surface area contributed by atoms with Gasteiger partial charge in [-0.1, -0.05) is 0 Å². The van der Waals surface area contributed by atoms with Gasteiger partial charge in [-0.15, -0.1) is 0 Å². The van der Waals surface area contributed by atoms with Crippen LogP contribution >= 0.6 is 0 Å². The average molecular weight is 521 g/mol. The lowest BCUT2D eigenvalue weighted by Crippen LogP contribution is -2.56. The van der Waals surface area contributed by atoms with Crippen LogP contribution in [0.25, 0.3) is 0 Å². The Morgan fingerprint density at radius 1 is 1.16 bits per heavy atom. The van der Waals surface area contributed by atoms with Gasteiger partial charge in [0.25, 0.3) is 0 Å². The molecule has 1 aliphatic carbocycles. The lowest BCUT2D eigenvalue weighted by atomic mass is 9.77. The molecule has 0 saturated heterocycles.